The molecule has 0 bridgehead atoms. The van der Waals surface area contributed by atoms with Crippen LogP contribution in [0.15, 0.2) is 42.5 Å². The fourth-order valence-corrected chi connectivity index (χ4v) is 3.19. The van der Waals surface area contributed by atoms with E-state index in [0.29, 0.717) is 29.6 Å². The molecule has 2 aromatic rings. The first-order chi connectivity index (χ1) is 12.6. The molecule has 2 aromatic carbocycles. The summed E-state index contributed by atoms with van der Waals surface area (Å²) >= 11 is 5.84. The third-order valence-electron chi connectivity index (χ3n) is 4.40. The van der Waals surface area contributed by atoms with Gasteiger partial charge in [0.15, 0.2) is 0 Å². The predicted molar refractivity (Wildman–Crippen MR) is 105 cm³/mol. The molecule has 0 aliphatic carbocycles. The van der Waals surface area contributed by atoms with Crippen molar-refractivity contribution in [3.63, 3.8) is 0 Å². The van der Waals surface area contributed by atoms with Crippen LogP contribution in [-0.2, 0) is 0 Å². The van der Waals surface area contributed by atoms with E-state index in [-0.39, 0.29) is 10.6 Å². The van der Waals surface area contributed by atoms with Crippen LogP contribution < -0.4 is 15.0 Å². The lowest BCUT2D eigenvalue weighted by Crippen LogP contribution is -2.29. The zero-order valence-corrected chi connectivity index (χ0v) is 15.2. The van der Waals surface area contributed by atoms with E-state index in [4.69, 9.17) is 16.3 Å². The predicted octanol–water partition coefficient (Wildman–Crippen LogP) is 4.73. The minimum Gasteiger partial charge on any atom is -0.492 e. The molecule has 138 valence electrons. The monoisotopic (exact) mass is 375 g/mol. The number of nitrogens with one attached hydrogen (secondary N) is 1. The summed E-state index contributed by atoms with van der Waals surface area (Å²) < 4.78 is 5.63. The van der Waals surface area contributed by atoms with Crippen LogP contribution in [0.5, 0.6) is 5.75 Å². The zero-order chi connectivity index (χ0) is 18.4. The number of ether oxygens (including phenoxy) is 1. The van der Waals surface area contributed by atoms with E-state index in [1.807, 2.05) is 12.1 Å². The maximum absolute atomic E-state index is 11.3. The van der Waals surface area contributed by atoms with Gasteiger partial charge in [-0.25, -0.2) is 0 Å². The van der Waals surface area contributed by atoms with Crippen LogP contribution in [0.1, 0.15) is 19.3 Å². The van der Waals surface area contributed by atoms with Gasteiger partial charge >= 0.3 is 0 Å². The van der Waals surface area contributed by atoms with Crippen LogP contribution >= 0.6 is 11.6 Å². The standard InChI is InChI=1S/C19H22ClN3O3/c20-15-4-7-17(8-5-15)26-13-10-21-18-14-16(6-9-19(18)23(24)25)22-11-2-1-3-12-22/h4-9,14,21H,1-3,10-13H2. The first-order valence-electron chi connectivity index (χ1n) is 8.79. The second-order valence-electron chi connectivity index (χ2n) is 6.24. The topological polar surface area (TPSA) is 67.6 Å². The van der Waals surface area contributed by atoms with Gasteiger partial charge in [-0.1, -0.05) is 11.6 Å². The lowest BCUT2D eigenvalue weighted by molar-refractivity contribution is -0.383. The summed E-state index contributed by atoms with van der Waals surface area (Å²) in [7, 11) is 0. The lowest BCUT2D eigenvalue weighted by atomic mass is 10.1. The summed E-state index contributed by atoms with van der Waals surface area (Å²) in [6, 6.07) is 12.4. The van der Waals surface area contributed by atoms with Gasteiger partial charge in [0, 0.05) is 36.4 Å². The van der Waals surface area contributed by atoms with Crippen molar-refractivity contribution in [1.29, 1.82) is 0 Å². The number of anilines is 2. The Morgan fingerprint density at radius 3 is 2.54 bits per heavy atom. The maximum atomic E-state index is 11.3. The summed E-state index contributed by atoms with van der Waals surface area (Å²) in [5.41, 5.74) is 1.63. The van der Waals surface area contributed by atoms with Crippen LogP contribution in [0.25, 0.3) is 0 Å². The molecule has 0 spiro atoms. The third kappa shape index (κ3) is 4.79. The molecular formula is C19H22ClN3O3. The van der Waals surface area contributed by atoms with Crippen molar-refractivity contribution in [3.8, 4) is 5.75 Å². The average molecular weight is 376 g/mol. The Morgan fingerprint density at radius 2 is 1.85 bits per heavy atom. The van der Waals surface area contributed by atoms with Crippen LogP contribution in [0.3, 0.4) is 0 Å². The molecule has 0 amide bonds. The number of hydrogen-bond acceptors (Lipinski definition) is 5. The number of rotatable bonds is 7. The third-order valence-corrected chi connectivity index (χ3v) is 4.65. The van der Waals surface area contributed by atoms with Crippen LogP contribution in [0.2, 0.25) is 5.02 Å². The van der Waals surface area contributed by atoms with E-state index in [9.17, 15) is 10.1 Å². The Bertz CT molecular complexity index is 746. The number of nitrogens with zero attached hydrogens (tertiary/aromatic N) is 2. The van der Waals surface area contributed by atoms with Gasteiger partial charge in [-0.3, -0.25) is 10.1 Å². The van der Waals surface area contributed by atoms with E-state index in [1.165, 1.54) is 6.42 Å². The highest BCUT2D eigenvalue weighted by atomic mass is 35.5. The largest absolute Gasteiger partial charge is 0.492 e. The van der Waals surface area contributed by atoms with Crippen molar-refractivity contribution in [3.05, 3.63) is 57.6 Å². The van der Waals surface area contributed by atoms with Gasteiger partial charge < -0.3 is 15.0 Å². The summed E-state index contributed by atoms with van der Waals surface area (Å²) in [4.78, 5) is 13.2. The Hall–Kier alpha value is -2.47. The molecule has 0 saturated carbocycles. The highest BCUT2D eigenvalue weighted by Crippen LogP contribution is 2.30. The molecule has 3 rings (SSSR count). The maximum Gasteiger partial charge on any atom is 0.292 e. The molecule has 1 aliphatic heterocycles. The number of piperidine rings is 1. The Kier molecular flexibility index (Phi) is 6.17. The fourth-order valence-electron chi connectivity index (χ4n) is 3.06. The van der Waals surface area contributed by atoms with Gasteiger partial charge in [-0.2, -0.15) is 0 Å². The van der Waals surface area contributed by atoms with Gasteiger partial charge in [-0.05, 0) is 55.7 Å². The Morgan fingerprint density at radius 1 is 1.12 bits per heavy atom. The van der Waals surface area contributed by atoms with Crippen LogP contribution in [-0.4, -0.2) is 31.2 Å². The van der Waals surface area contributed by atoms with Crippen LogP contribution in [0.4, 0.5) is 17.1 Å². The zero-order valence-electron chi connectivity index (χ0n) is 14.5. The SMILES string of the molecule is O=[N+]([O-])c1ccc(N2CCCCC2)cc1NCCOc1ccc(Cl)cc1. The Balaban J connectivity index is 1.62. The van der Waals surface area contributed by atoms with Crippen molar-refractivity contribution >= 4 is 28.7 Å². The summed E-state index contributed by atoms with van der Waals surface area (Å²) in [5, 5.41) is 15.1. The van der Waals surface area contributed by atoms with Crippen molar-refractivity contribution in [2.45, 2.75) is 19.3 Å². The van der Waals surface area contributed by atoms with E-state index in [1.54, 1.807) is 30.3 Å². The molecule has 1 fully saturated rings. The Labute approximate surface area is 157 Å². The highest BCUT2D eigenvalue weighted by Gasteiger charge is 2.17. The molecule has 1 aliphatic rings. The first kappa shape index (κ1) is 18.3. The molecule has 0 atom stereocenters. The van der Waals surface area contributed by atoms with Crippen molar-refractivity contribution < 1.29 is 9.66 Å². The van der Waals surface area contributed by atoms with Gasteiger partial charge in [-0.15, -0.1) is 0 Å². The molecule has 1 heterocycles. The number of nitro groups is 1. The van der Waals surface area contributed by atoms with E-state index >= 15 is 0 Å². The van der Waals surface area contributed by atoms with Gasteiger partial charge in [0.1, 0.15) is 18.0 Å². The molecule has 1 saturated heterocycles. The molecule has 0 radical (unpaired) electrons. The molecular weight excluding hydrogens is 354 g/mol. The first-order valence-corrected chi connectivity index (χ1v) is 9.17. The summed E-state index contributed by atoms with van der Waals surface area (Å²) in [6.07, 6.45) is 3.57. The average Bonchev–Trinajstić information content (AvgIpc) is 2.67. The number of hydrogen-bond donors (Lipinski definition) is 1. The van der Waals surface area contributed by atoms with Crippen molar-refractivity contribution in [2.75, 3.05) is 36.5 Å². The molecule has 7 heteroatoms. The van der Waals surface area contributed by atoms with Crippen molar-refractivity contribution in [2.24, 2.45) is 0 Å². The van der Waals surface area contributed by atoms with E-state index in [2.05, 4.69) is 10.2 Å². The van der Waals surface area contributed by atoms with Crippen LogP contribution in [0, 0.1) is 10.1 Å². The lowest BCUT2D eigenvalue weighted by Gasteiger charge is -2.29. The van der Waals surface area contributed by atoms with Gasteiger partial charge in [0.05, 0.1) is 4.92 Å². The highest BCUT2D eigenvalue weighted by molar-refractivity contribution is 6.30. The summed E-state index contributed by atoms with van der Waals surface area (Å²) in [5.74, 6) is 0.716. The fraction of sp³-hybridized carbons (Fsp3) is 0.368. The smallest absolute Gasteiger partial charge is 0.292 e. The van der Waals surface area contributed by atoms with E-state index in [0.717, 1.165) is 31.6 Å². The summed E-state index contributed by atoms with van der Waals surface area (Å²) in [6.45, 7) is 2.85. The van der Waals surface area contributed by atoms with Gasteiger partial charge in [0.25, 0.3) is 5.69 Å². The normalized spacial score (nSPS) is 14.1. The molecule has 26 heavy (non-hydrogen) atoms. The molecule has 0 unspecified atom stereocenters. The molecule has 1 N–H and O–H groups in total. The minimum absolute atomic E-state index is 0.0808. The number of benzene rings is 2. The molecule has 0 aromatic heterocycles. The number of nitro benzene ring substituents is 1. The quantitative estimate of drug-likeness (QED) is 0.430. The van der Waals surface area contributed by atoms with Crippen molar-refractivity contribution in [1.82, 2.24) is 0 Å². The van der Waals surface area contributed by atoms with E-state index < -0.39 is 0 Å². The second-order valence-corrected chi connectivity index (χ2v) is 6.67. The second kappa shape index (κ2) is 8.76. The molecule has 6 nitrogen and oxygen atoms in total. The number of halogens is 1. The van der Waals surface area contributed by atoms with Gasteiger partial charge in [0.2, 0.25) is 0 Å². The minimum atomic E-state index is -0.359.